The van der Waals surface area contributed by atoms with E-state index in [1.54, 1.807) is 50.2 Å². The zero-order valence-electron chi connectivity index (χ0n) is 9.51. The van der Waals surface area contributed by atoms with Crippen molar-refractivity contribution in [1.82, 2.24) is 3.97 Å². The maximum atomic E-state index is 12.4. The molecule has 2 rings (SSSR count). The van der Waals surface area contributed by atoms with Crippen LogP contribution in [-0.4, -0.2) is 12.4 Å². The molecule has 90 valence electrons. The molecule has 1 heterocycles. The summed E-state index contributed by atoms with van der Waals surface area (Å²) in [5, 5.41) is 0. The van der Waals surface area contributed by atoms with Gasteiger partial charge < -0.3 is 0 Å². The molecule has 17 heavy (non-hydrogen) atoms. The Morgan fingerprint density at radius 2 is 1.41 bits per heavy atom. The third-order valence-corrected chi connectivity index (χ3v) is 5.01. The van der Waals surface area contributed by atoms with E-state index < -0.39 is 10.0 Å². The van der Waals surface area contributed by atoms with E-state index in [9.17, 15) is 8.42 Å². The van der Waals surface area contributed by atoms with Gasteiger partial charge in [-0.2, -0.15) is 0 Å². The van der Waals surface area contributed by atoms with E-state index in [0.29, 0.717) is 16.3 Å². The summed E-state index contributed by atoms with van der Waals surface area (Å²) in [6.45, 7) is 3.56. The first kappa shape index (κ1) is 12.4. The van der Waals surface area contributed by atoms with E-state index in [-0.39, 0.29) is 0 Å². The topological polar surface area (TPSA) is 39.1 Å². The van der Waals surface area contributed by atoms with Gasteiger partial charge in [-0.25, -0.2) is 12.4 Å². The lowest BCUT2D eigenvalue weighted by atomic mass is 10.4. The average molecular weight is 314 g/mol. The summed E-state index contributed by atoms with van der Waals surface area (Å²) in [5.41, 5.74) is 1.43. The van der Waals surface area contributed by atoms with Crippen LogP contribution in [0.5, 0.6) is 0 Å². The van der Waals surface area contributed by atoms with Crippen LogP contribution in [0.1, 0.15) is 11.4 Å². The number of aromatic nitrogens is 1. The van der Waals surface area contributed by atoms with Gasteiger partial charge in [0, 0.05) is 15.9 Å². The van der Waals surface area contributed by atoms with E-state index >= 15 is 0 Å². The van der Waals surface area contributed by atoms with E-state index in [4.69, 9.17) is 0 Å². The van der Waals surface area contributed by atoms with Crippen molar-refractivity contribution in [1.29, 1.82) is 0 Å². The molecule has 0 N–H and O–H groups in total. The number of halogens is 1. The number of rotatable bonds is 2. The van der Waals surface area contributed by atoms with Crippen LogP contribution in [0.4, 0.5) is 0 Å². The molecule has 0 aliphatic rings. The van der Waals surface area contributed by atoms with Crippen LogP contribution in [0.3, 0.4) is 0 Å². The van der Waals surface area contributed by atoms with Crippen molar-refractivity contribution in [3.8, 4) is 0 Å². The van der Waals surface area contributed by atoms with Gasteiger partial charge in [0.2, 0.25) is 0 Å². The van der Waals surface area contributed by atoms with Gasteiger partial charge in [-0.15, -0.1) is 0 Å². The fourth-order valence-electron chi connectivity index (χ4n) is 1.75. The number of nitrogens with zero attached hydrogens (tertiary/aromatic N) is 1. The molecule has 0 saturated carbocycles. The Hall–Kier alpha value is -1.07. The second-order valence-electron chi connectivity index (χ2n) is 3.84. The molecule has 0 radical (unpaired) electrons. The molecule has 1 aromatic heterocycles. The van der Waals surface area contributed by atoms with E-state index in [0.717, 1.165) is 4.47 Å². The van der Waals surface area contributed by atoms with Gasteiger partial charge in [0.1, 0.15) is 0 Å². The standard InChI is InChI=1S/C12H12BrNO2S/c1-9-3-4-10(2)14(9)17(15,16)12-7-5-11(13)6-8-12/h3-8H,1-2H3. The van der Waals surface area contributed by atoms with Crippen molar-refractivity contribution in [3.63, 3.8) is 0 Å². The Morgan fingerprint density at radius 1 is 0.941 bits per heavy atom. The lowest BCUT2D eigenvalue weighted by molar-refractivity contribution is 0.585. The van der Waals surface area contributed by atoms with Crippen LogP contribution < -0.4 is 0 Å². The highest BCUT2D eigenvalue weighted by molar-refractivity contribution is 9.10. The molecule has 0 saturated heterocycles. The summed E-state index contributed by atoms with van der Waals surface area (Å²) in [5.74, 6) is 0. The molecule has 0 fully saturated rings. The fourth-order valence-corrected chi connectivity index (χ4v) is 3.58. The summed E-state index contributed by atoms with van der Waals surface area (Å²) >= 11 is 3.29. The zero-order chi connectivity index (χ0) is 12.6. The smallest absolute Gasteiger partial charge is 0.243 e. The largest absolute Gasteiger partial charge is 0.268 e. The van der Waals surface area contributed by atoms with E-state index in [1.807, 2.05) is 0 Å². The predicted molar refractivity (Wildman–Crippen MR) is 70.6 cm³/mol. The Morgan fingerprint density at radius 3 is 1.88 bits per heavy atom. The van der Waals surface area contributed by atoms with Crippen molar-refractivity contribution in [3.05, 3.63) is 52.3 Å². The minimum absolute atomic E-state index is 0.295. The Labute approximate surface area is 109 Å². The van der Waals surface area contributed by atoms with Crippen molar-refractivity contribution in [2.75, 3.05) is 0 Å². The third kappa shape index (κ3) is 2.17. The highest BCUT2D eigenvalue weighted by atomic mass is 79.9. The lowest BCUT2D eigenvalue weighted by Gasteiger charge is -2.10. The van der Waals surface area contributed by atoms with Gasteiger partial charge in [0.05, 0.1) is 4.90 Å². The van der Waals surface area contributed by atoms with Crippen LogP contribution in [-0.2, 0) is 10.0 Å². The molecule has 0 bridgehead atoms. The number of hydrogen-bond acceptors (Lipinski definition) is 2. The number of aryl methyl sites for hydroxylation is 2. The normalized spacial score (nSPS) is 11.7. The molecule has 0 atom stereocenters. The molecule has 3 nitrogen and oxygen atoms in total. The Kier molecular flexibility index (Phi) is 3.14. The van der Waals surface area contributed by atoms with Crippen LogP contribution in [0, 0.1) is 13.8 Å². The fraction of sp³-hybridized carbons (Fsp3) is 0.167. The summed E-state index contributed by atoms with van der Waals surface area (Å²) in [4.78, 5) is 0.295. The first-order valence-electron chi connectivity index (χ1n) is 5.09. The van der Waals surface area contributed by atoms with Gasteiger partial charge in [-0.1, -0.05) is 15.9 Å². The number of benzene rings is 1. The van der Waals surface area contributed by atoms with Gasteiger partial charge >= 0.3 is 0 Å². The van der Waals surface area contributed by atoms with Crippen LogP contribution >= 0.6 is 15.9 Å². The first-order valence-corrected chi connectivity index (χ1v) is 7.32. The quantitative estimate of drug-likeness (QED) is 0.854. The van der Waals surface area contributed by atoms with Gasteiger partial charge in [-0.3, -0.25) is 0 Å². The Balaban J connectivity index is 2.62. The monoisotopic (exact) mass is 313 g/mol. The molecule has 0 aliphatic heterocycles. The number of hydrogen-bond donors (Lipinski definition) is 0. The van der Waals surface area contributed by atoms with Crippen LogP contribution in [0.15, 0.2) is 45.8 Å². The summed E-state index contributed by atoms with van der Waals surface area (Å²) in [6.07, 6.45) is 0. The van der Waals surface area contributed by atoms with Gasteiger partial charge in [0.15, 0.2) is 0 Å². The summed E-state index contributed by atoms with van der Waals surface area (Å²) in [7, 11) is -3.48. The van der Waals surface area contributed by atoms with Crippen molar-refractivity contribution < 1.29 is 8.42 Å². The SMILES string of the molecule is Cc1ccc(C)n1S(=O)(=O)c1ccc(Br)cc1. The zero-order valence-corrected chi connectivity index (χ0v) is 11.9. The molecular formula is C12H12BrNO2S. The highest BCUT2D eigenvalue weighted by Gasteiger charge is 2.19. The lowest BCUT2D eigenvalue weighted by Crippen LogP contribution is -2.15. The molecule has 1 aromatic carbocycles. The molecule has 2 aromatic rings. The van der Waals surface area contributed by atoms with E-state index in [1.165, 1.54) is 3.97 Å². The molecule has 0 unspecified atom stereocenters. The molecule has 0 spiro atoms. The van der Waals surface area contributed by atoms with Gasteiger partial charge in [-0.05, 0) is 50.2 Å². The highest BCUT2D eigenvalue weighted by Crippen LogP contribution is 2.20. The Bertz CT molecular complexity index is 622. The van der Waals surface area contributed by atoms with Crippen molar-refractivity contribution in [2.45, 2.75) is 18.7 Å². The van der Waals surface area contributed by atoms with Crippen LogP contribution in [0.25, 0.3) is 0 Å². The van der Waals surface area contributed by atoms with Crippen molar-refractivity contribution in [2.24, 2.45) is 0 Å². The molecule has 0 aliphatic carbocycles. The first-order chi connectivity index (χ1) is 7.93. The van der Waals surface area contributed by atoms with Gasteiger partial charge in [0.25, 0.3) is 10.0 Å². The minimum atomic E-state index is -3.48. The van der Waals surface area contributed by atoms with Crippen LogP contribution in [0.2, 0.25) is 0 Å². The minimum Gasteiger partial charge on any atom is -0.243 e. The second-order valence-corrected chi connectivity index (χ2v) is 6.54. The third-order valence-electron chi connectivity index (χ3n) is 2.56. The summed E-state index contributed by atoms with van der Waals surface area (Å²) < 4.78 is 27.0. The second kappa shape index (κ2) is 4.31. The van der Waals surface area contributed by atoms with E-state index in [2.05, 4.69) is 15.9 Å². The predicted octanol–water partition coefficient (Wildman–Crippen LogP) is 3.10. The average Bonchev–Trinajstić information content (AvgIpc) is 2.59. The maximum absolute atomic E-state index is 12.4. The molecule has 5 heteroatoms. The maximum Gasteiger partial charge on any atom is 0.268 e. The summed E-state index contributed by atoms with van der Waals surface area (Å²) in [6, 6.07) is 10.2. The molecule has 0 amide bonds. The molecular weight excluding hydrogens is 302 g/mol. The van der Waals surface area contributed by atoms with Crippen molar-refractivity contribution >= 4 is 26.0 Å².